The average molecular weight is 448 g/mol. The van der Waals surface area contributed by atoms with Crippen LogP contribution in [-0.2, 0) is 28.1 Å². The molecule has 1 atom stereocenters. The third kappa shape index (κ3) is 4.30. The van der Waals surface area contributed by atoms with Crippen molar-refractivity contribution < 1.29 is 14.4 Å². The van der Waals surface area contributed by atoms with E-state index >= 15 is 0 Å². The van der Waals surface area contributed by atoms with Crippen molar-refractivity contribution in [1.82, 2.24) is 15.1 Å². The fraction of sp³-hybridized carbons (Fsp3) is 0.318. The van der Waals surface area contributed by atoms with E-state index in [0.29, 0.717) is 17.1 Å². The largest absolute Gasteiger partial charge is 0.340 e. The summed E-state index contributed by atoms with van der Waals surface area (Å²) in [5.41, 5.74) is 1.24. The summed E-state index contributed by atoms with van der Waals surface area (Å²) in [7, 11) is 1.64. The molecule has 1 aliphatic rings. The van der Waals surface area contributed by atoms with Gasteiger partial charge in [0.05, 0.1) is 0 Å². The van der Waals surface area contributed by atoms with Crippen molar-refractivity contribution in [3.05, 3.63) is 69.2 Å². The van der Waals surface area contributed by atoms with Gasteiger partial charge in [0.15, 0.2) is 0 Å². The maximum Gasteiger partial charge on any atom is 0.325 e. The molecular formula is C22H23Cl2N3O3. The maximum absolute atomic E-state index is 13.0. The topological polar surface area (TPSA) is 69.7 Å². The van der Waals surface area contributed by atoms with Crippen LogP contribution < -0.4 is 5.32 Å². The fourth-order valence-corrected chi connectivity index (χ4v) is 4.01. The van der Waals surface area contributed by atoms with Crippen LogP contribution in [0.3, 0.4) is 0 Å². The van der Waals surface area contributed by atoms with Gasteiger partial charge in [-0.3, -0.25) is 14.5 Å². The third-order valence-electron chi connectivity index (χ3n) is 5.31. The molecule has 0 radical (unpaired) electrons. The van der Waals surface area contributed by atoms with Gasteiger partial charge in [-0.25, -0.2) is 4.79 Å². The van der Waals surface area contributed by atoms with Gasteiger partial charge >= 0.3 is 6.03 Å². The van der Waals surface area contributed by atoms with Crippen LogP contribution in [0, 0.1) is 0 Å². The number of imide groups is 1. The first-order chi connectivity index (χ1) is 14.2. The summed E-state index contributed by atoms with van der Waals surface area (Å²) in [4.78, 5) is 40.6. The smallest absolute Gasteiger partial charge is 0.325 e. The normalized spacial score (nSPS) is 18.5. The second-order valence-corrected chi connectivity index (χ2v) is 8.33. The standard InChI is InChI=1S/C22H23Cl2N3O3/c1-4-14-5-7-15(8-6-14)12-26(3)19(28)13-27-20(29)22(2,25-21(27)30)17-10-9-16(23)11-18(17)24/h5-11H,4,12-13H2,1-3H3,(H,25,30). The van der Waals surface area contributed by atoms with Gasteiger partial charge in [-0.15, -0.1) is 0 Å². The van der Waals surface area contributed by atoms with E-state index in [9.17, 15) is 14.4 Å². The lowest BCUT2D eigenvalue weighted by Crippen LogP contribution is -2.43. The number of benzene rings is 2. The van der Waals surface area contributed by atoms with Crippen LogP contribution in [0.2, 0.25) is 10.0 Å². The van der Waals surface area contributed by atoms with Gasteiger partial charge in [0, 0.05) is 29.2 Å². The minimum Gasteiger partial charge on any atom is -0.340 e. The molecule has 0 spiro atoms. The number of rotatable bonds is 6. The summed E-state index contributed by atoms with van der Waals surface area (Å²) in [5, 5.41) is 3.34. The Balaban J connectivity index is 1.72. The molecule has 1 heterocycles. The number of nitrogens with zero attached hydrogens (tertiary/aromatic N) is 2. The zero-order valence-corrected chi connectivity index (χ0v) is 18.5. The van der Waals surface area contributed by atoms with Gasteiger partial charge in [-0.05, 0) is 36.6 Å². The maximum atomic E-state index is 13.0. The van der Waals surface area contributed by atoms with Gasteiger partial charge in [0.1, 0.15) is 12.1 Å². The second-order valence-electron chi connectivity index (χ2n) is 7.49. The Kier molecular flexibility index (Phi) is 6.38. The van der Waals surface area contributed by atoms with Crippen molar-refractivity contribution in [3.63, 3.8) is 0 Å². The number of carbonyl (C=O) groups excluding carboxylic acids is 3. The molecule has 0 bridgehead atoms. The van der Waals surface area contributed by atoms with E-state index < -0.39 is 17.5 Å². The van der Waals surface area contributed by atoms with Crippen LogP contribution in [0.1, 0.15) is 30.5 Å². The van der Waals surface area contributed by atoms with Gasteiger partial charge < -0.3 is 10.2 Å². The van der Waals surface area contributed by atoms with Crippen molar-refractivity contribution in [2.24, 2.45) is 0 Å². The highest BCUT2D eigenvalue weighted by Crippen LogP contribution is 2.34. The van der Waals surface area contributed by atoms with E-state index in [1.165, 1.54) is 16.5 Å². The second kappa shape index (κ2) is 8.66. The molecule has 0 aliphatic carbocycles. The molecule has 1 saturated heterocycles. The number of halogens is 2. The molecule has 8 heteroatoms. The third-order valence-corrected chi connectivity index (χ3v) is 5.86. The molecule has 30 heavy (non-hydrogen) atoms. The van der Waals surface area contributed by atoms with Crippen LogP contribution in [0.4, 0.5) is 4.79 Å². The van der Waals surface area contributed by atoms with Crippen molar-refractivity contribution >= 4 is 41.0 Å². The predicted octanol–water partition coefficient (Wildman–Crippen LogP) is 3.98. The van der Waals surface area contributed by atoms with E-state index in [0.717, 1.165) is 16.9 Å². The molecule has 1 unspecified atom stereocenters. The van der Waals surface area contributed by atoms with Gasteiger partial charge in [0.25, 0.3) is 5.91 Å². The molecule has 6 nitrogen and oxygen atoms in total. The van der Waals surface area contributed by atoms with Gasteiger partial charge in [0.2, 0.25) is 5.91 Å². The molecule has 0 aromatic heterocycles. The molecule has 2 aromatic rings. The Hall–Kier alpha value is -2.57. The molecule has 1 aliphatic heterocycles. The summed E-state index contributed by atoms with van der Waals surface area (Å²) in [5.74, 6) is -0.879. The van der Waals surface area contributed by atoms with E-state index in [-0.39, 0.29) is 17.5 Å². The summed E-state index contributed by atoms with van der Waals surface area (Å²) in [6.07, 6.45) is 0.942. The van der Waals surface area contributed by atoms with E-state index in [2.05, 4.69) is 12.2 Å². The fourth-order valence-electron chi connectivity index (χ4n) is 3.42. The monoisotopic (exact) mass is 447 g/mol. The average Bonchev–Trinajstić information content (AvgIpc) is 2.92. The van der Waals surface area contributed by atoms with E-state index in [1.807, 2.05) is 24.3 Å². The van der Waals surface area contributed by atoms with Crippen molar-refractivity contribution in [2.75, 3.05) is 13.6 Å². The first-order valence-corrected chi connectivity index (χ1v) is 10.3. The zero-order valence-electron chi connectivity index (χ0n) is 17.0. The molecule has 158 valence electrons. The number of hydrogen-bond donors (Lipinski definition) is 1. The highest BCUT2D eigenvalue weighted by Gasteiger charge is 2.50. The number of likely N-dealkylation sites (N-methyl/N-ethyl adjacent to an activating group) is 1. The Morgan fingerprint density at radius 3 is 2.33 bits per heavy atom. The summed E-state index contributed by atoms with van der Waals surface area (Å²) >= 11 is 12.2. The summed E-state index contributed by atoms with van der Waals surface area (Å²) in [6.45, 7) is 3.67. The Bertz CT molecular complexity index is 994. The number of aryl methyl sites for hydroxylation is 1. The van der Waals surface area contributed by atoms with E-state index in [4.69, 9.17) is 23.2 Å². The minimum atomic E-state index is -1.37. The van der Waals surface area contributed by atoms with Crippen molar-refractivity contribution in [3.8, 4) is 0 Å². The number of carbonyl (C=O) groups is 3. The minimum absolute atomic E-state index is 0.263. The Labute approximate surface area is 185 Å². The molecule has 2 aromatic carbocycles. The van der Waals surface area contributed by atoms with Gasteiger partial charge in [-0.1, -0.05) is 60.5 Å². The van der Waals surface area contributed by atoms with Crippen LogP contribution in [0.5, 0.6) is 0 Å². The SMILES string of the molecule is CCc1ccc(CN(C)C(=O)CN2C(=O)NC(C)(c3ccc(Cl)cc3Cl)C2=O)cc1. The first kappa shape index (κ1) is 22.1. The van der Waals surface area contributed by atoms with E-state index in [1.54, 1.807) is 26.1 Å². The number of amides is 4. The highest BCUT2D eigenvalue weighted by atomic mass is 35.5. The zero-order chi connectivity index (χ0) is 22.1. The number of hydrogen-bond acceptors (Lipinski definition) is 3. The lowest BCUT2D eigenvalue weighted by atomic mass is 9.92. The number of nitrogens with one attached hydrogen (secondary N) is 1. The Morgan fingerprint density at radius 1 is 1.10 bits per heavy atom. The van der Waals surface area contributed by atoms with Crippen LogP contribution in [0.15, 0.2) is 42.5 Å². The number of urea groups is 1. The highest BCUT2D eigenvalue weighted by molar-refractivity contribution is 6.35. The summed E-state index contributed by atoms with van der Waals surface area (Å²) < 4.78 is 0. The first-order valence-electron chi connectivity index (χ1n) is 9.57. The molecule has 0 saturated carbocycles. The van der Waals surface area contributed by atoms with Crippen LogP contribution in [0.25, 0.3) is 0 Å². The molecule has 1 N–H and O–H groups in total. The molecule has 1 fully saturated rings. The summed E-state index contributed by atoms with van der Waals surface area (Å²) in [6, 6.07) is 12.0. The lowest BCUT2D eigenvalue weighted by Gasteiger charge is -2.24. The molecule has 4 amide bonds. The van der Waals surface area contributed by atoms with Gasteiger partial charge in [-0.2, -0.15) is 0 Å². The molecule has 3 rings (SSSR count). The quantitative estimate of drug-likeness (QED) is 0.680. The van der Waals surface area contributed by atoms with Crippen LogP contribution >= 0.6 is 23.2 Å². The van der Waals surface area contributed by atoms with Crippen LogP contribution in [-0.4, -0.2) is 41.2 Å². The Morgan fingerprint density at radius 2 is 1.73 bits per heavy atom. The van der Waals surface area contributed by atoms with Crippen molar-refractivity contribution in [1.29, 1.82) is 0 Å². The predicted molar refractivity (Wildman–Crippen MR) is 116 cm³/mol. The lowest BCUT2D eigenvalue weighted by molar-refractivity contribution is -0.138. The molecular weight excluding hydrogens is 425 g/mol. The van der Waals surface area contributed by atoms with Crippen molar-refractivity contribution in [2.45, 2.75) is 32.4 Å².